The van der Waals surface area contributed by atoms with E-state index >= 15 is 0 Å². The number of thiazole rings is 1. The Labute approximate surface area is 280 Å². The van der Waals surface area contributed by atoms with E-state index in [1.807, 2.05) is 37.3 Å². The van der Waals surface area contributed by atoms with Gasteiger partial charge in [0.15, 0.2) is 16.3 Å². The Kier molecular flexibility index (Phi) is 10.6. The van der Waals surface area contributed by atoms with Gasteiger partial charge < -0.3 is 23.7 Å². The fraction of sp³-hybridized carbons (Fsp3) is 0.286. The van der Waals surface area contributed by atoms with Crippen LogP contribution in [0.1, 0.15) is 49.4 Å². The molecule has 0 N–H and O–H groups in total. The molecule has 250 valence electrons. The van der Waals surface area contributed by atoms with E-state index in [1.54, 1.807) is 25.1 Å². The molecule has 0 saturated heterocycles. The number of nitrogens with zero attached hydrogens (tertiary/aromatic N) is 3. The minimum Gasteiger partial charge on any atom is -0.497 e. The molecule has 12 nitrogen and oxygen atoms in total. The number of rotatable bonds is 13. The summed E-state index contributed by atoms with van der Waals surface area (Å²) in [6.45, 7) is 3.95. The Morgan fingerprint density at radius 2 is 1.75 bits per heavy atom. The second kappa shape index (κ2) is 15.0. The molecule has 4 aromatic rings. The van der Waals surface area contributed by atoms with Crippen LogP contribution < -0.4 is 33.8 Å². The Bertz CT molecular complexity index is 2050. The quantitative estimate of drug-likeness (QED) is 0.108. The lowest BCUT2D eigenvalue weighted by atomic mass is 9.93. The minimum atomic E-state index is -0.979. The first-order valence-corrected chi connectivity index (χ1v) is 16.0. The molecule has 3 aromatic carbocycles. The summed E-state index contributed by atoms with van der Waals surface area (Å²) in [5.41, 5.74) is 1.38. The number of carbonyl (C=O) groups is 1. The van der Waals surface area contributed by atoms with Crippen LogP contribution in [-0.2, 0) is 16.1 Å². The highest BCUT2D eigenvalue weighted by Crippen LogP contribution is 2.39. The zero-order chi connectivity index (χ0) is 34.4. The van der Waals surface area contributed by atoms with Crippen molar-refractivity contribution in [3.63, 3.8) is 0 Å². The molecular formula is C35H35N3O9S. The zero-order valence-electron chi connectivity index (χ0n) is 27.2. The molecule has 0 aliphatic carbocycles. The van der Waals surface area contributed by atoms with E-state index in [2.05, 4.69) is 0 Å². The molecule has 13 heteroatoms. The summed E-state index contributed by atoms with van der Waals surface area (Å²) in [5.74, 6) is 0.730. The van der Waals surface area contributed by atoms with Crippen molar-refractivity contribution in [1.82, 2.24) is 4.57 Å². The summed E-state index contributed by atoms with van der Waals surface area (Å²) < 4.78 is 29.6. The third kappa shape index (κ3) is 6.81. The highest BCUT2D eigenvalue weighted by molar-refractivity contribution is 7.07. The van der Waals surface area contributed by atoms with Crippen LogP contribution >= 0.6 is 11.3 Å². The largest absolute Gasteiger partial charge is 0.497 e. The standard InChI is InChI=1S/C35H35N3O9S/c1-6-11-25-31(34(40)46-7-2)32(24-18-23(43-3)14-15-27(24)44-4)37-33(39)30(48-35(37)36-25)17-22-16-28(45-5)29(19-26(22)38(41)42)47-20-21-12-9-8-10-13-21/h8-10,12-19,32H,6-7,11,20H2,1-5H3/b30-17-/t32-/m0/s1. The second-order valence-electron chi connectivity index (χ2n) is 10.6. The summed E-state index contributed by atoms with van der Waals surface area (Å²) in [6, 6.07) is 16.3. The normalized spacial score (nSPS) is 14.2. The van der Waals surface area contributed by atoms with Gasteiger partial charge >= 0.3 is 5.97 Å². The number of hydrogen-bond acceptors (Lipinski definition) is 11. The number of fused-ring (bicyclic) bond motifs is 1. The van der Waals surface area contributed by atoms with E-state index in [0.29, 0.717) is 40.4 Å². The average Bonchev–Trinajstić information content (AvgIpc) is 3.40. The maximum atomic E-state index is 14.3. The molecule has 0 fully saturated rings. The van der Waals surface area contributed by atoms with Crippen LogP contribution in [0.2, 0.25) is 0 Å². The highest BCUT2D eigenvalue weighted by atomic mass is 32.1. The van der Waals surface area contributed by atoms with E-state index in [1.165, 1.54) is 44.1 Å². The Hall–Kier alpha value is -5.43. The summed E-state index contributed by atoms with van der Waals surface area (Å²) in [6.07, 6.45) is 2.54. The van der Waals surface area contributed by atoms with Gasteiger partial charge in [0.05, 0.1) is 60.3 Å². The molecule has 2 heterocycles. The van der Waals surface area contributed by atoms with Crippen molar-refractivity contribution in [1.29, 1.82) is 0 Å². The number of carbonyl (C=O) groups excluding carboxylic acids is 1. The first-order valence-electron chi connectivity index (χ1n) is 15.2. The molecule has 0 saturated carbocycles. The topological polar surface area (TPSA) is 141 Å². The van der Waals surface area contributed by atoms with Gasteiger partial charge in [0.25, 0.3) is 11.2 Å². The van der Waals surface area contributed by atoms with Crippen molar-refractivity contribution in [3.05, 3.63) is 118 Å². The summed E-state index contributed by atoms with van der Waals surface area (Å²) >= 11 is 1.06. The number of esters is 1. The van der Waals surface area contributed by atoms with Crippen LogP contribution in [0.5, 0.6) is 23.0 Å². The Morgan fingerprint density at radius 1 is 1.00 bits per heavy atom. The minimum absolute atomic E-state index is 0.116. The van der Waals surface area contributed by atoms with Crippen molar-refractivity contribution in [2.45, 2.75) is 39.3 Å². The van der Waals surface area contributed by atoms with Gasteiger partial charge in [-0.3, -0.25) is 19.5 Å². The predicted octanol–water partition coefficient (Wildman–Crippen LogP) is 5.09. The van der Waals surface area contributed by atoms with Crippen LogP contribution in [-0.4, -0.2) is 43.4 Å². The van der Waals surface area contributed by atoms with Crippen LogP contribution in [0.4, 0.5) is 5.69 Å². The van der Waals surface area contributed by atoms with E-state index in [9.17, 15) is 19.7 Å². The summed E-state index contributed by atoms with van der Waals surface area (Å²) in [5, 5.41) is 12.3. The maximum Gasteiger partial charge on any atom is 0.338 e. The van der Waals surface area contributed by atoms with Crippen LogP contribution in [0, 0.1) is 10.1 Å². The first-order chi connectivity index (χ1) is 23.2. The van der Waals surface area contributed by atoms with Crippen molar-refractivity contribution in [2.24, 2.45) is 4.99 Å². The number of aromatic nitrogens is 1. The van der Waals surface area contributed by atoms with Gasteiger partial charge in [-0.2, -0.15) is 0 Å². The number of nitro groups is 1. The molecule has 5 rings (SSSR count). The van der Waals surface area contributed by atoms with E-state index < -0.39 is 22.5 Å². The van der Waals surface area contributed by atoms with E-state index in [4.69, 9.17) is 28.7 Å². The second-order valence-corrected chi connectivity index (χ2v) is 11.6. The number of methoxy groups -OCH3 is 3. The van der Waals surface area contributed by atoms with Crippen molar-refractivity contribution in [3.8, 4) is 23.0 Å². The Balaban J connectivity index is 1.72. The monoisotopic (exact) mass is 673 g/mol. The molecule has 48 heavy (non-hydrogen) atoms. The van der Waals surface area contributed by atoms with E-state index in [0.717, 1.165) is 16.9 Å². The molecule has 0 radical (unpaired) electrons. The molecule has 1 aliphatic heterocycles. The lowest BCUT2D eigenvalue weighted by Crippen LogP contribution is -2.40. The lowest BCUT2D eigenvalue weighted by molar-refractivity contribution is -0.385. The van der Waals surface area contributed by atoms with Gasteiger partial charge in [0, 0.05) is 5.56 Å². The number of ether oxygens (including phenoxy) is 5. The van der Waals surface area contributed by atoms with Crippen LogP contribution in [0.15, 0.2) is 81.7 Å². The predicted molar refractivity (Wildman–Crippen MR) is 180 cm³/mol. The van der Waals surface area contributed by atoms with Gasteiger partial charge in [0.1, 0.15) is 24.1 Å². The Morgan fingerprint density at radius 3 is 2.40 bits per heavy atom. The molecule has 0 spiro atoms. The highest BCUT2D eigenvalue weighted by Gasteiger charge is 2.36. The molecule has 1 aromatic heterocycles. The maximum absolute atomic E-state index is 14.3. The third-order valence-corrected chi connectivity index (χ3v) is 8.64. The molecule has 1 atom stereocenters. The molecule has 0 amide bonds. The van der Waals surface area contributed by atoms with Crippen LogP contribution in [0.3, 0.4) is 0 Å². The van der Waals surface area contributed by atoms with E-state index in [-0.39, 0.29) is 46.1 Å². The third-order valence-electron chi connectivity index (χ3n) is 7.66. The van der Waals surface area contributed by atoms with Gasteiger partial charge in [0.2, 0.25) is 0 Å². The average molecular weight is 674 g/mol. The fourth-order valence-electron chi connectivity index (χ4n) is 5.46. The van der Waals surface area contributed by atoms with Crippen molar-refractivity contribution >= 4 is 29.1 Å². The first kappa shape index (κ1) is 33.9. The number of benzene rings is 3. The van der Waals surface area contributed by atoms with Gasteiger partial charge in [-0.1, -0.05) is 55.0 Å². The summed E-state index contributed by atoms with van der Waals surface area (Å²) in [4.78, 5) is 44.7. The molecule has 1 aliphatic rings. The number of nitro benzene ring substituents is 1. The molecule has 0 unspecified atom stereocenters. The number of hydrogen-bond donors (Lipinski definition) is 0. The summed E-state index contributed by atoms with van der Waals surface area (Å²) in [7, 11) is 4.44. The number of allylic oxidation sites excluding steroid dienone is 1. The van der Waals surface area contributed by atoms with Crippen molar-refractivity contribution in [2.75, 3.05) is 27.9 Å². The fourth-order valence-corrected chi connectivity index (χ4v) is 6.47. The van der Waals surface area contributed by atoms with Gasteiger partial charge in [-0.15, -0.1) is 0 Å². The van der Waals surface area contributed by atoms with Crippen molar-refractivity contribution < 1.29 is 33.4 Å². The zero-order valence-corrected chi connectivity index (χ0v) is 28.0. The van der Waals surface area contributed by atoms with Gasteiger partial charge in [-0.25, -0.2) is 9.79 Å². The molecule has 0 bridgehead atoms. The SMILES string of the molecule is CCCC1=C(C(=O)OCC)[C@H](c2cc(OC)ccc2OC)n2c(s/c(=C\c3cc(OC)c(OCc4ccccc4)cc3[N+](=O)[O-])c2=O)=N1. The molecular weight excluding hydrogens is 638 g/mol. The van der Waals surface area contributed by atoms with Gasteiger partial charge in [-0.05, 0) is 49.2 Å². The lowest BCUT2D eigenvalue weighted by Gasteiger charge is -2.27. The smallest absolute Gasteiger partial charge is 0.338 e. The van der Waals surface area contributed by atoms with Crippen LogP contribution in [0.25, 0.3) is 6.08 Å².